The van der Waals surface area contributed by atoms with E-state index in [-0.39, 0.29) is 10.6 Å². The largest absolute Gasteiger partial charge is 0.504 e. The number of hydrogen-bond acceptors (Lipinski definition) is 2. The normalized spacial score (nSPS) is 10.6. The summed E-state index contributed by atoms with van der Waals surface area (Å²) in [6, 6.07) is 1.21. The maximum absolute atomic E-state index is 13.1. The van der Waals surface area contributed by atoms with Crippen LogP contribution in [-0.4, -0.2) is 11.7 Å². The van der Waals surface area contributed by atoms with Gasteiger partial charge in [-0.15, -0.1) is 0 Å². The van der Waals surface area contributed by atoms with Crippen LogP contribution in [-0.2, 0) is 6.42 Å². The van der Waals surface area contributed by atoms with Crippen LogP contribution in [0.5, 0.6) is 5.75 Å². The summed E-state index contributed by atoms with van der Waals surface area (Å²) >= 11 is 5.48. The van der Waals surface area contributed by atoms with Gasteiger partial charge in [-0.25, -0.2) is 4.39 Å². The van der Waals surface area contributed by atoms with E-state index in [1.807, 2.05) is 0 Å². The van der Waals surface area contributed by atoms with Gasteiger partial charge in [0, 0.05) is 0 Å². The second-order valence-electron chi connectivity index (χ2n) is 2.89. The first-order chi connectivity index (χ1) is 6.57. The molecule has 0 aliphatic rings. The number of rotatable bonds is 3. The molecule has 2 nitrogen and oxygen atoms in total. The van der Waals surface area contributed by atoms with Crippen molar-refractivity contribution in [1.29, 1.82) is 0 Å². The van der Waals surface area contributed by atoms with Crippen LogP contribution < -0.4 is 5.73 Å². The zero-order chi connectivity index (χ0) is 10.7. The van der Waals surface area contributed by atoms with Crippen molar-refractivity contribution in [2.45, 2.75) is 12.8 Å². The van der Waals surface area contributed by atoms with Gasteiger partial charge in [0.15, 0.2) is 11.6 Å². The van der Waals surface area contributed by atoms with E-state index in [1.54, 1.807) is 0 Å². The Bertz CT molecular complexity index is 344. The van der Waals surface area contributed by atoms with Gasteiger partial charge in [-0.2, -0.15) is 4.39 Å². The maximum atomic E-state index is 13.1. The zero-order valence-electron chi connectivity index (χ0n) is 7.36. The van der Waals surface area contributed by atoms with Crippen molar-refractivity contribution in [3.05, 3.63) is 28.3 Å². The van der Waals surface area contributed by atoms with Crippen molar-refractivity contribution in [2.24, 2.45) is 5.73 Å². The molecule has 0 amide bonds. The fourth-order valence-electron chi connectivity index (χ4n) is 1.11. The smallest absolute Gasteiger partial charge is 0.202 e. The molecular formula is C9H10ClF2NO. The van der Waals surface area contributed by atoms with Crippen molar-refractivity contribution in [3.8, 4) is 5.75 Å². The fourth-order valence-corrected chi connectivity index (χ4v) is 1.32. The average Bonchev–Trinajstić information content (AvgIpc) is 2.18. The van der Waals surface area contributed by atoms with Crippen LogP contribution in [0.1, 0.15) is 12.0 Å². The first-order valence-corrected chi connectivity index (χ1v) is 4.51. The summed E-state index contributed by atoms with van der Waals surface area (Å²) < 4.78 is 26.1. The molecule has 1 aromatic carbocycles. The third-order valence-corrected chi connectivity index (χ3v) is 2.15. The van der Waals surface area contributed by atoms with E-state index in [0.717, 1.165) is 0 Å². The van der Waals surface area contributed by atoms with E-state index >= 15 is 0 Å². The molecule has 0 aliphatic carbocycles. The van der Waals surface area contributed by atoms with Gasteiger partial charge in [-0.05, 0) is 31.0 Å². The molecule has 5 heteroatoms. The Labute approximate surface area is 85.3 Å². The summed E-state index contributed by atoms with van der Waals surface area (Å²) in [5.74, 6) is -3.20. The van der Waals surface area contributed by atoms with Crippen LogP contribution in [0.2, 0.25) is 5.02 Å². The third kappa shape index (κ3) is 2.13. The molecule has 0 bridgehead atoms. The van der Waals surface area contributed by atoms with Gasteiger partial charge in [-0.1, -0.05) is 11.6 Å². The van der Waals surface area contributed by atoms with Gasteiger partial charge < -0.3 is 10.8 Å². The summed E-state index contributed by atoms with van der Waals surface area (Å²) in [4.78, 5) is 0. The highest BCUT2D eigenvalue weighted by molar-refractivity contribution is 6.32. The first kappa shape index (κ1) is 11.2. The van der Waals surface area contributed by atoms with Crippen LogP contribution in [0, 0.1) is 11.6 Å². The van der Waals surface area contributed by atoms with Crippen molar-refractivity contribution >= 4 is 11.6 Å². The number of benzene rings is 1. The lowest BCUT2D eigenvalue weighted by Crippen LogP contribution is -2.03. The summed E-state index contributed by atoms with van der Waals surface area (Å²) in [5.41, 5.74) is 5.37. The Hall–Kier alpha value is -0.870. The van der Waals surface area contributed by atoms with E-state index in [0.29, 0.717) is 19.4 Å². The quantitative estimate of drug-likeness (QED) is 0.769. The summed E-state index contributed by atoms with van der Waals surface area (Å²) in [5, 5.41) is 8.78. The molecule has 0 saturated heterocycles. The van der Waals surface area contributed by atoms with Crippen LogP contribution in [0.4, 0.5) is 8.78 Å². The zero-order valence-corrected chi connectivity index (χ0v) is 8.11. The SMILES string of the molecule is NCCCc1cc(Cl)c(O)c(F)c1F. The minimum absolute atomic E-state index is 0.135. The number of nitrogens with two attached hydrogens (primary N) is 1. The Morgan fingerprint density at radius 3 is 2.57 bits per heavy atom. The molecule has 14 heavy (non-hydrogen) atoms. The second-order valence-corrected chi connectivity index (χ2v) is 3.29. The molecule has 3 N–H and O–H groups in total. The molecule has 0 heterocycles. The van der Waals surface area contributed by atoms with Crippen LogP contribution >= 0.6 is 11.6 Å². The number of aryl methyl sites for hydroxylation is 1. The fraction of sp³-hybridized carbons (Fsp3) is 0.333. The number of hydrogen-bond donors (Lipinski definition) is 2. The third-order valence-electron chi connectivity index (χ3n) is 1.86. The molecule has 0 aromatic heterocycles. The Morgan fingerprint density at radius 1 is 1.36 bits per heavy atom. The molecule has 0 atom stereocenters. The second kappa shape index (κ2) is 4.57. The van der Waals surface area contributed by atoms with Gasteiger partial charge in [-0.3, -0.25) is 0 Å². The van der Waals surface area contributed by atoms with Crippen LogP contribution in [0.25, 0.3) is 0 Å². The molecule has 0 radical (unpaired) electrons. The van der Waals surface area contributed by atoms with Gasteiger partial charge in [0.25, 0.3) is 0 Å². The molecular weight excluding hydrogens is 212 g/mol. The number of halogens is 3. The van der Waals surface area contributed by atoms with E-state index in [4.69, 9.17) is 22.4 Å². The molecule has 1 aromatic rings. The van der Waals surface area contributed by atoms with Gasteiger partial charge >= 0.3 is 0 Å². The van der Waals surface area contributed by atoms with Crippen molar-refractivity contribution in [1.82, 2.24) is 0 Å². The van der Waals surface area contributed by atoms with Crippen LogP contribution in [0.3, 0.4) is 0 Å². The highest BCUT2D eigenvalue weighted by Gasteiger charge is 2.16. The maximum Gasteiger partial charge on any atom is 0.202 e. The van der Waals surface area contributed by atoms with E-state index in [9.17, 15) is 8.78 Å². The van der Waals surface area contributed by atoms with Crippen molar-refractivity contribution < 1.29 is 13.9 Å². The van der Waals surface area contributed by atoms with Crippen LogP contribution in [0.15, 0.2) is 6.07 Å². The Kier molecular flexibility index (Phi) is 3.66. The monoisotopic (exact) mass is 221 g/mol. The van der Waals surface area contributed by atoms with E-state index < -0.39 is 17.4 Å². The topological polar surface area (TPSA) is 46.2 Å². The summed E-state index contributed by atoms with van der Waals surface area (Å²) in [7, 11) is 0. The predicted octanol–water partition coefficient (Wildman–Crippen LogP) is 2.22. The average molecular weight is 222 g/mol. The molecule has 0 fully saturated rings. The number of phenolic OH excluding ortho intramolecular Hbond substituents is 1. The molecule has 0 unspecified atom stereocenters. The lowest BCUT2D eigenvalue weighted by molar-refractivity contribution is 0.404. The van der Waals surface area contributed by atoms with Gasteiger partial charge in [0.2, 0.25) is 5.82 Å². The Balaban J connectivity index is 3.06. The standard InChI is InChI=1S/C9H10ClF2NO/c10-6-4-5(2-1-3-13)7(11)8(12)9(6)14/h4,14H,1-3,13H2. The lowest BCUT2D eigenvalue weighted by Gasteiger charge is -2.06. The highest BCUT2D eigenvalue weighted by atomic mass is 35.5. The van der Waals surface area contributed by atoms with Gasteiger partial charge in [0.05, 0.1) is 5.02 Å². The number of aromatic hydroxyl groups is 1. The Morgan fingerprint density at radius 2 is 2.00 bits per heavy atom. The first-order valence-electron chi connectivity index (χ1n) is 4.13. The molecule has 78 valence electrons. The van der Waals surface area contributed by atoms with Crippen molar-refractivity contribution in [3.63, 3.8) is 0 Å². The predicted molar refractivity (Wildman–Crippen MR) is 50.4 cm³/mol. The molecule has 1 rings (SSSR count). The minimum Gasteiger partial charge on any atom is -0.504 e. The van der Waals surface area contributed by atoms with E-state index in [1.165, 1.54) is 6.07 Å². The molecule has 0 saturated carbocycles. The molecule has 0 spiro atoms. The molecule has 0 aliphatic heterocycles. The lowest BCUT2D eigenvalue weighted by atomic mass is 10.1. The van der Waals surface area contributed by atoms with Crippen molar-refractivity contribution in [2.75, 3.05) is 6.54 Å². The van der Waals surface area contributed by atoms with Gasteiger partial charge in [0.1, 0.15) is 0 Å². The summed E-state index contributed by atoms with van der Waals surface area (Å²) in [6.45, 7) is 0.388. The number of phenols is 1. The van der Waals surface area contributed by atoms with E-state index in [2.05, 4.69) is 0 Å². The minimum atomic E-state index is -1.30. The highest BCUT2D eigenvalue weighted by Crippen LogP contribution is 2.30. The summed E-state index contributed by atoms with van der Waals surface area (Å²) in [6.07, 6.45) is 0.844.